The van der Waals surface area contributed by atoms with Crippen molar-refractivity contribution in [2.75, 3.05) is 6.54 Å². The lowest BCUT2D eigenvalue weighted by Crippen LogP contribution is -2.15. The summed E-state index contributed by atoms with van der Waals surface area (Å²) < 4.78 is 2.04. The summed E-state index contributed by atoms with van der Waals surface area (Å²) in [6.07, 6.45) is 6.71. The Kier molecular flexibility index (Phi) is 3.74. The second-order valence-electron chi connectivity index (χ2n) is 4.80. The van der Waals surface area contributed by atoms with Crippen molar-refractivity contribution in [3.05, 3.63) is 54.7 Å². The Bertz CT molecular complexity index is 689. The molecule has 0 radical (unpaired) electrons. The highest BCUT2D eigenvalue weighted by Gasteiger charge is 2.06. The number of imidazole rings is 1. The van der Waals surface area contributed by atoms with Gasteiger partial charge in [-0.3, -0.25) is 4.98 Å². The van der Waals surface area contributed by atoms with E-state index in [1.807, 2.05) is 29.2 Å². The average Bonchev–Trinajstić information content (AvgIpc) is 3.01. The summed E-state index contributed by atoms with van der Waals surface area (Å²) in [5, 5.41) is 4.54. The van der Waals surface area contributed by atoms with Crippen LogP contribution in [0.2, 0.25) is 0 Å². The van der Waals surface area contributed by atoms with Crippen LogP contribution in [0.15, 0.2) is 49.1 Å². The van der Waals surface area contributed by atoms with Gasteiger partial charge in [0, 0.05) is 24.3 Å². The maximum Gasteiger partial charge on any atom is 0.0991 e. The zero-order valence-electron chi connectivity index (χ0n) is 11.6. The Hall–Kier alpha value is -2.20. The Morgan fingerprint density at radius 2 is 2.15 bits per heavy atom. The van der Waals surface area contributed by atoms with E-state index in [-0.39, 0.29) is 0 Å². The van der Waals surface area contributed by atoms with Crippen molar-refractivity contribution < 1.29 is 0 Å². The molecule has 2 heterocycles. The van der Waals surface area contributed by atoms with Crippen molar-refractivity contribution in [1.29, 1.82) is 0 Å². The molecule has 1 N–H and O–H groups in total. The number of hydrogen-bond acceptors (Lipinski definition) is 3. The quantitative estimate of drug-likeness (QED) is 0.722. The van der Waals surface area contributed by atoms with Gasteiger partial charge in [0.15, 0.2) is 0 Å². The molecule has 102 valence electrons. The molecule has 0 atom stereocenters. The molecule has 3 aromatic rings. The van der Waals surface area contributed by atoms with E-state index in [0.717, 1.165) is 41.8 Å². The summed E-state index contributed by atoms with van der Waals surface area (Å²) in [5.74, 6) is 0. The largest absolute Gasteiger partial charge is 0.311 e. The van der Waals surface area contributed by atoms with Crippen LogP contribution in [0.5, 0.6) is 0 Å². The maximum absolute atomic E-state index is 4.72. The van der Waals surface area contributed by atoms with E-state index in [2.05, 4.69) is 35.4 Å². The number of rotatable bonds is 5. The zero-order chi connectivity index (χ0) is 13.8. The van der Waals surface area contributed by atoms with E-state index < -0.39 is 0 Å². The first-order valence-corrected chi connectivity index (χ1v) is 6.96. The van der Waals surface area contributed by atoms with Gasteiger partial charge in [-0.2, -0.15) is 0 Å². The summed E-state index contributed by atoms with van der Waals surface area (Å²) in [6, 6.07) is 10.3. The lowest BCUT2D eigenvalue weighted by molar-refractivity contribution is 0.665. The number of aromatic nitrogens is 3. The summed E-state index contributed by atoms with van der Waals surface area (Å²) in [4.78, 5) is 8.86. The van der Waals surface area contributed by atoms with Gasteiger partial charge in [0.05, 0.1) is 23.2 Å². The van der Waals surface area contributed by atoms with E-state index in [4.69, 9.17) is 4.98 Å². The number of nitrogens with one attached hydrogen (secondary N) is 1. The second kappa shape index (κ2) is 5.84. The fourth-order valence-electron chi connectivity index (χ4n) is 2.31. The molecule has 0 saturated heterocycles. The molecule has 4 nitrogen and oxygen atoms in total. The van der Waals surface area contributed by atoms with Crippen LogP contribution < -0.4 is 5.32 Å². The van der Waals surface area contributed by atoms with Gasteiger partial charge in [-0.15, -0.1) is 0 Å². The van der Waals surface area contributed by atoms with E-state index in [1.165, 1.54) is 0 Å². The van der Waals surface area contributed by atoms with Gasteiger partial charge in [0.1, 0.15) is 0 Å². The van der Waals surface area contributed by atoms with Crippen LogP contribution in [-0.4, -0.2) is 21.1 Å². The monoisotopic (exact) mass is 266 g/mol. The fraction of sp³-hybridized carbons (Fsp3) is 0.250. The van der Waals surface area contributed by atoms with Crippen LogP contribution in [0.3, 0.4) is 0 Å². The van der Waals surface area contributed by atoms with Crippen molar-refractivity contribution in [3.63, 3.8) is 0 Å². The van der Waals surface area contributed by atoms with Gasteiger partial charge < -0.3 is 9.88 Å². The summed E-state index contributed by atoms with van der Waals surface area (Å²) in [6.45, 7) is 3.97. The molecule has 2 aromatic heterocycles. The van der Waals surface area contributed by atoms with Crippen molar-refractivity contribution in [1.82, 2.24) is 19.9 Å². The molecule has 0 fully saturated rings. The van der Waals surface area contributed by atoms with E-state index >= 15 is 0 Å². The third-order valence-corrected chi connectivity index (χ3v) is 3.26. The molecule has 0 aliphatic carbocycles. The van der Waals surface area contributed by atoms with Gasteiger partial charge in [0.25, 0.3) is 0 Å². The summed E-state index contributed by atoms with van der Waals surface area (Å²) in [7, 11) is 0. The van der Waals surface area contributed by atoms with Gasteiger partial charge in [-0.25, -0.2) is 4.98 Å². The Labute approximate surface area is 118 Å². The van der Waals surface area contributed by atoms with Gasteiger partial charge in [-0.05, 0) is 25.1 Å². The van der Waals surface area contributed by atoms with Gasteiger partial charge in [-0.1, -0.05) is 25.1 Å². The first-order valence-electron chi connectivity index (χ1n) is 6.96. The minimum Gasteiger partial charge on any atom is -0.311 e. The van der Waals surface area contributed by atoms with Crippen LogP contribution in [-0.2, 0) is 6.54 Å². The van der Waals surface area contributed by atoms with Crippen LogP contribution >= 0.6 is 0 Å². The minimum atomic E-state index is 0.792. The maximum atomic E-state index is 4.72. The van der Waals surface area contributed by atoms with Crippen LogP contribution in [0, 0.1) is 0 Å². The van der Waals surface area contributed by atoms with Crippen LogP contribution in [0.4, 0.5) is 0 Å². The number of nitrogens with zero attached hydrogens (tertiary/aromatic N) is 3. The minimum absolute atomic E-state index is 0.792. The van der Waals surface area contributed by atoms with E-state index in [9.17, 15) is 0 Å². The molecule has 0 unspecified atom stereocenters. The van der Waals surface area contributed by atoms with Crippen LogP contribution in [0.1, 0.15) is 19.0 Å². The molecule has 20 heavy (non-hydrogen) atoms. The van der Waals surface area contributed by atoms with Crippen molar-refractivity contribution in [2.45, 2.75) is 19.9 Å². The van der Waals surface area contributed by atoms with Gasteiger partial charge in [0.2, 0.25) is 0 Å². The molecular formula is C16H18N4. The molecule has 1 aromatic carbocycles. The van der Waals surface area contributed by atoms with E-state index in [0.29, 0.717) is 0 Å². The number of fused-ring (bicyclic) bond motifs is 1. The van der Waals surface area contributed by atoms with Crippen LogP contribution in [0.25, 0.3) is 16.6 Å². The Morgan fingerprint density at radius 1 is 1.25 bits per heavy atom. The lowest BCUT2D eigenvalue weighted by atomic mass is 10.1. The predicted octanol–water partition coefficient (Wildman–Crippen LogP) is 2.92. The number of pyridine rings is 1. The molecule has 3 rings (SSSR count). The number of hydrogen-bond donors (Lipinski definition) is 1. The average molecular weight is 266 g/mol. The SMILES string of the molecule is CCCNCc1cc(-n2ccnc2)c2ccccc2n1. The summed E-state index contributed by atoms with van der Waals surface area (Å²) in [5.41, 5.74) is 3.20. The number of benzene rings is 1. The highest BCUT2D eigenvalue weighted by molar-refractivity contribution is 5.87. The Morgan fingerprint density at radius 3 is 2.95 bits per heavy atom. The van der Waals surface area contributed by atoms with Crippen molar-refractivity contribution >= 4 is 10.9 Å². The third-order valence-electron chi connectivity index (χ3n) is 3.26. The lowest BCUT2D eigenvalue weighted by Gasteiger charge is -2.10. The second-order valence-corrected chi connectivity index (χ2v) is 4.80. The van der Waals surface area contributed by atoms with Gasteiger partial charge >= 0.3 is 0 Å². The third kappa shape index (κ3) is 2.56. The number of para-hydroxylation sites is 1. The molecule has 0 amide bonds. The van der Waals surface area contributed by atoms with Crippen molar-refractivity contribution in [3.8, 4) is 5.69 Å². The predicted molar refractivity (Wildman–Crippen MR) is 80.9 cm³/mol. The highest BCUT2D eigenvalue weighted by Crippen LogP contribution is 2.21. The van der Waals surface area contributed by atoms with Crippen molar-refractivity contribution in [2.24, 2.45) is 0 Å². The Balaban J connectivity index is 2.06. The topological polar surface area (TPSA) is 42.7 Å². The molecule has 0 saturated carbocycles. The smallest absolute Gasteiger partial charge is 0.0991 e. The van der Waals surface area contributed by atoms with E-state index in [1.54, 1.807) is 6.20 Å². The normalized spacial score (nSPS) is 11.1. The standard InChI is InChI=1S/C16H18N4/c1-2-7-17-11-13-10-16(20-9-8-18-12-20)14-5-3-4-6-15(14)19-13/h3-6,8-10,12,17H,2,7,11H2,1H3. The zero-order valence-corrected chi connectivity index (χ0v) is 11.6. The molecular weight excluding hydrogens is 248 g/mol. The molecule has 0 aliphatic rings. The molecule has 4 heteroatoms. The molecule has 0 bridgehead atoms. The fourth-order valence-corrected chi connectivity index (χ4v) is 2.31. The highest BCUT2D eigenvalue weighted by atomic mass is 15.0. The first kappa shape index (κ1) is 12.8. The molecule has 0 spiro atoms. The summed E-state index contributed by atoms with van der Waals surface area (Å²) >= 11 is 0. The first-order chi connectivity index (χ1) is 9.88. The molecule has 0 aliphatic heterocycles.